The van der Waals surface area contributed by atoms with E-state index in [-0.39, 0.29) is 96.0 Å². The third kappa shape index (κ3) is 27.0. The predicted molar refractivity (Wildman–Crippen MR) is 359 cm³/mol. The van der Waals surface area contributed by atoms with E-state index in [1.54, 1.807) is 56.1 Å². The summed E-state index contributed by atoms with van der Waals surface area (Å²) in [6, 6.07) is 11.9. The van der Waals surface area contributed by atoms with Crippen LogP contribution in [0.4, 0.5) is 0 Å². The number of nitrogens with one attached hydrogen (secondary N) is 8. The molecular formula is C66H88N16O19. The Hall–Kier alpha value is -10.9. The number of fused-ring (bicyclic) bond motifs is 1. The molecule has 0 saturated carbocycles. The van der Waals surface area contributed by atoms with E-state index in [0.29, 0.717) is 29.5 Å². The van der Waals surface area contributed by atoms with E-state index in [2.05, 4.69) is 52.5 Å². The molecule has 3 heterocycles. The maximum Gasteiger partial charge on any atom is 0.317 e. The van der Waals surface area contributed by atoms with Crippen LogP contribution in [0.15, 0.2) is 91.3 Å². The zero-order chi connectivity index (χ0) is 73.7. The Morgan fingerprint density at radius 2 is 1.07 bits per heavy atom. The summed E-state index contributed by atoms with van der Waals surface area (Å²) < 4.78 is 1.22. The van der Waals surface area contributed by atoms with Gasteiger partial charge in [0.05, 0.1) is 51.4 Å². The molecule has 5 aromatic rings. The second-order valence-electron chi connectivity index (χ2n) is 24.5. The Bertz CT molecular complexity index is 3650. The number of carbonyl (C=O) groups is 13. The highest BCUT2D eigenvalue weighted by molar-refractivity contribution is 5.96. The van der Waals surface area contributed by atoms with E-state index in [0.717, 1.165) is 10.9 Å². The van der Waals surface area contributed by atoms with Gasteiger partial charge in [0, 0.05) is 95.1 Å². The Morgan fingerprint density at radius 1 is 0.535 bits per heavy atom. The first-order valence-corrected chi connectivity index (χ1v) is 32.8. The van der Waals surface area contributed by atoms with Crippen molar-refractivity contribution in [1.82, 2.24) is 76.8 Å². The summed E-state index contributed by atoms with van der Waals surface area (Å²) in [4.78, 5) is 180. The van der Waals surface area contributed by atoms with Crippen LogP contribution in [0, 0.1) is 0 Å². The number of aliphatic carboxylic acids is 5. The molecule has 16 N–H and O–H groups in total. The third-order valence-electron chi connectivity index (χ3n) is 16.6. The lowest BCUT2D eigenvalue weighted by Gasteiger charge is -2.33. The van der Waals surface area contributed by atoms with Gasteiger partial charge in [0.2, 0.25) is 47.3 Å². The van der Waals surface area contributed by atoms with Crippen molar-refractivity contribution >= 4 is 88.0 Å². The summed E-state index contributed by atoms with van der Waals surface area (Å²) in [7, 11) is 0. The first kappa shape index (κ1) is 79.1. The van der Waals surface area contributed by atoms with Crippen LogP contribution in [-0.2, 0) is 81.6 Å². The van der Waals surface area contributed by atoms with Crippen molar-refractivity contribution in [3.8, 4) is 5.75 Å². The first-order chi connectivity index (χ1) is 48.1. The number of benzene rings is 3. The first-order valence-electron chi connectivity index (χ1n) is 32.8. The Balaban J connectivity index is 1.16. The van der Waals surface area contributed by atoms with Gasteiger partial charge in [0.1, 0.15) is 47.7 Å². The number of rotatable bonds is 38. The molecule has 1 saturated heterocycles. The number of primary amides is 1. The van der Waals surface area contributed by atoms with E-state index < -0.39 is 165 Å². The van der Waals surface area contributed by atoms with Crippen molar-refractivity contribution in [3.63, 3.8) is 0 Å². The number of amides is 8. The summed E-state index contributed by atoms with van der Waals surface area (Å²) in [5.74, 6) is -13.5. The summed E-state index contributed by atoms with van der Waals surface area (Å²) in [5, 5.41) is 85.7. The fourth-order valence-electron chi connectivity index (χ4n) is 11.2. The lowest BCUT2D eigenvalue weighted by molar-refractivity contribution is -0.141. The summed E-state index contributed by atoms with van der Waals surface area (Å²) in [6.45, 7) is 1.38. The number of nitrogens with zero attached hydrogens (tertiary/aromatic N) is 7. The molecular weight excluding hydrogens is 1320 g/mol. The number of unbranched alkanes of at least 4 members (excludes halogenated alkanes) is 1. The van der Waals surface area contributed by atoms with E-state index in [4.69, 9.17) is 5.73 Å². The normalized spacial score (nSPS) is 15.6. The summed E-state index contributed by atoms with van der Waals surface area (Å²) >= 11 is 0. The maximum absolute atomic E-state index is 14.3. The highest BCUT2D eigenvalue weighted by atomic mass is 16.4. The molecule has 8 amide bonds. The van der Waals surface area contributed by atoms with Crippen LogP contribution in [0.1, 0.15) is 86.8 Å². The van der Waals surface area contributed by atoms with Crippen molar-refractivity contribution in [1.29, 1.82) is 0 Å². The van der Waals surface area contributed by atoms with Gasteiger partial charge in [0.25, 0.3) is 0 Å². The minimum absolute atomic E-state index is 0.0213. The predicted octanol–water partition coefficient (Wildman–Crippen LogP) is -2.06. The number of aromatic nitrogens is 4. The Kier molecular flexibility index (Phi) is 31.0. The largest absolute Gasteiger partial charge is 0.508 e. The minimum atomic E-state index is -1.68. The third-order valence-corrected chi connectivity index (χ3v) is 16.6. The van der Waals surface area contributed by atoms with Crippen molar-refractivity contribution in [3.05, 3.63) is 114 Å². The highest BCUT2D eigenvalue weighted by Crippen LogP contribution is 2.26. The number of carbonyl (C=O) groups excluding carboxylic acids is 8. The van der Waals surface area contributed by atoms with Crippen LogP contribution < -0.4 is 43.0 Å². The monoisotopic (exact) mass is 1410 g/mol. The number of carboxylic acids is 5. The SMILES string of the molecule is CCCC[C@@H](C(=O)N[C@@H](CC(=O)O)C(=O)N[C@@H](Cc1ccccc1)C(N)=O)n1cc([C@H](Cc2c[nH]c3ccccc23)NC(=O)CNC(=O)[C@H](Cc2ccc(O)cc2)NC(=O)[C@H](C)NC(=O)[C@@H](CCC(=O)O)NC(=O)CN2CCN(CC(=O)O)CCN(CC(=O)O)CCN(CC(=O)O)CC2)nn1. The zero-order valence-electron chi connectivity index (χ0n) is 56.0. The van der Waals surface area contributed by atoms with Gasteiger partial charge in [-0.2, -0.15) is 0 Å². The van der Waals surface area contributed by atoms with Crippen molar-refractivity contribution in [2.24, 2.45) is 5.73 Å². The molecule has 1 aliphatic rings. The number of phenols is 1. The Morgan fingerprint density at radius 3 is 1.63 bits per heavy atom. The van der Waals surface area contributed by atoms with Crippen LogP contribution in [0.5, 0.6) is 5.75 Å². The second-order valence-corrected chi connectivity index (χ2v) is 24.5. The van der Waals surface area contributed by atoms with Crippen molar-refractivity contribution < 1.29 is 93.0 Å². The van der Waals surface area contributed by atoms with E-state index in [9.17, 15) is 93.0 Å². The van der Waals surface area contributed by atoms with Crippen molar-refractivity contribution in [2.45, 2.75) is 114 Å². The molecule has 1 fully saturated rings. The number of hydrogen-bond acceptors (Lipinski definition) is 20. The van der Waals surface area contributed by atoms with Crippen LogP contribution in [0.2, 0.25) is 0 Å². The average molecular weight is 1410 g/mol. The quantitative estimate of drug-likeness (QED) is 0.0202. The van der Waals surface area contributed by atoms with Gasteiger partial charge in [-0.15, -0.1) is 5.10 Å². The van der Waals surface area contributed by atoms with Crippen LogP contribution in [0.25, 0.3) is 10.9 Å². The molecule has 101 heavy (non-hydrogen) atoms. The molecule has 35 nitrogen and oxygen atoms in total. The number of nitrogens with two attached hydrogens (primary N) is 1. The molecule has 2 aromatic heterocycles. The van der Waals surface area contributed by atoms with Gasteiger partial charge in [-0.3, -0.25) is 81.9 Å². The van der Waals surface area contributed by atoms with Gasteiger partial charge >= 0.3 is 29.8 Å². The molecule has 0 spiro atoms. The smallest absolute Gasteiger partial charge is 0.317 e. The molecule has 0 bridgehead atoms. The van der Waals surface area contributed by atoms with Gasteiger partial charge in [-0.05, 0) is 54.7 Å². The van der Waals surface area contributed by atoms with Crippen LogP contribution in [-0.4, -0.2) is 263 Å². The number of aromatic amines is 1. The number of para-hydroxylation sites is 1. The lowest BCUT2D eigenvalue weighted by atomic mass is 10.0. The van der Waals surface area contributed by atoms with Crippen LogP contribution in [0.3, 0.4) is 0 Å². The van der Waals surface area contributed by atoms with E-state index in [1.807, 2.05) is 31.2 Å². The molecule has 0 unspecified atom stereocenters. The molecule has 0 radical (unpaired) electrons. The molecule has 546 valence electrons. The highest BCUT2D eigenvalue weighted by Gasteiger charge is 2.34. The summed E-state index contributed by atoms with van der Waals surface area (Å²) in [6.07, 6.45) is 2.13. The zero-order valence-corrected chi connectivity index (χ0v) is 56.0. The topological polar surface area (TPSA) is 513 Å². The van der Waals surface area contributed by atoms with E-state index >= 15 is 0 Å². The number of carboxylic acid groups (broad SMARTS) is 5. The molecule has 6 rings (SSSR count). The second kappa shape index (κ2) is 39.6. The number of aromatic hydroxyl groups is 1. The molecule has 7 atom stereocenters. The van der Waals surface area contributed by atoms with Gasteiger partial charge < -0.3 is 78.6 Å². The van der Waals surface area contributed by atoms with E-state index in [1.165, 1.54) is 42.1 Å². The number of phenolic OH excluding ortho intramolecular Hbond substituents is 1. The number of H-pyrrole nitrogens is 1. The van der Waals surface area contributed by atoms with Gasteiger partial charge in [0.15, 0.2) is 0 Å². The minimum Gasteiger partial charge on any atom is -0.508 e. The fraction of sp³-hybridized carbons (Fsp3) is 0.470. The van der Waals surface area contributed by atoms with Crippen molar-refractivity contribution in [2.75, 3.05) is 85.1 Å². The lowest BCUT2D eigenvalue weighted by Crippen LogP contribution is -2.57. The molecule has 3 aromatic carbocycles. The molecule has 1 aliphatic heterocycles. The average Bonchev–Trinajstić information content (AvgIpc) is 1.69. The Labute approximate surface area is 579 Å². The van der Waals surface area contributed by atoms with Gasteiger partial charge in [-0.1, -0.05) is 85.6 Å². The van der Waals surface area contributed by atoms with Gasteiger partial charge in [-0.25, -0.2) is 4.68 Å². The molecule has 0 aliphatic carbocycles. The van der Waals surface area contributed by atoms with Crippen LogP contribution >= 0.6 is 0 Å². The maximum atomic E-state index is 14.3. The number of hydrogen-bond donors (Lipinski definition) is 15. The fourth-order valence-corrected chi connectivity index (χ4v) is 11.2. The standard InChI is InChI=1S/C66H88N16O19/c1-3-4-14-53(66(101)75-51(32-57(88)89)65(100)73-49(61(67)96)29-41-10-6-5-7-11-41)82-35-52(76-77-82)48(31-43-33-68-46-13-9-8-12-45(43)46)72-54(84)34-69-63(98)50(30-42-15-17-44(83)18-16-42)74-62(97)40(2)70-64(99)47(19-20-56(86)87)71-55(85)36-78-21-23-79(37-58(90)91)25-27-81(39-60(94)95)28-26-80(24-22-78)38-59(92)93/h5-13,15-18,33,35,40,47-51,53,68,83H,3-4,14,19-32,34,36-39H2,1-2H3,(H2,67,96)(H,69,98)(H,70,99)(H,71,85)(H,72,84)(H,73,100)(H,74,97)(H,75,101)(H,86,87)(H,88,89)(H,90,91)(H,92,93)(H,94,95)/t40-,47+,48-,49-,50-,51-,53-/m0/s1. The molecule has 35 heteroatoms. The summed E-state index contributed by atoms with van der Waals surface area (Å²) in [5.41, 5.74) is 8.30.